The number of carbonyl (C=O) groups is 2. The maximum Gasteiger partial charge on any atom is 0.303 e. The summed E-state index contributed by atoms with van der Waals surface area (Å²) in [5.74, 6) is -0.313. The molecule has 16 heavy (non-hydrogen) atoms. The minimum absolute atomic E-state index is 0.00514. The molecule has 0 bridgehead atoms. The van der Waals surface area contributed by atoms with Crippen LogP contribution in [0.15, 0.2) is 0 Å². The SMILES string of the molecule is CC(C)CCN(C(=O)CCC(=O)O)C1CC1. The largest absolute Gasteiger partial charge is 0.481 e. The van der Waals surface area contributed by atoms with Crippen LogP contribution in [0.2, 0.25) is 0 Å². The first-order chi connectivity index (χ1) is 7.50. The zero-order chi connectivity index (χ0) is 12.1. The molecule has 0 aromatic heterocycles. The normalized spacial score (nSPS) is 15.2. The predicted octanol–water partition coefficient (Wildman–Crippen LogP) is 1.89. The molecule has 1 N–H and O–H groups in total. The fraction of sp³-hybridized carbons (Fsp3) is 0.833. The van der Waals surface area contributed by atoms with E-state index in [1.54, 1.807) is 0 Å². The minimum Gasteiger partial charge on any atom is -0.481 e. The van der Waals surface area contributed by atoms with Crippen LogP contribution in [0.5, 0.6) is 0 Å². The molecule has 1 rings (SSSR count). The molecule has 0 saturated heterocycles. The number of hydrogen-bond acceptors (Lipinski definition) is 2. The van der Waals surface area contributed by atoms with Crippen molar-refractivity contribution in [1.29, 1.82) is 0 Å². The van der Waals surface area contributed by atoms with Crippen molar-refractivity contribution in [3.05, 3.63) is 0 Å². The van der Waals surface area contributed by atoms with Crippen LogP contribution in [0.25, 0.3) is 0 Å². The Hall–Kier alpha value is -1.06. The highest BCUT2D eigenvalue weighted by molar-refractivity contribution is 5.81. The third-order valence-electron chi connectivity index (χ3n) is 2.81. The van der Waals surface area contributed by atoms with Gasteiger partial charge in [-0.1, -0.05) is 13.8 Å². The number of amides is 1. The van der Waals surface area contributed by atoms with Gasteiger partial charge in [0.15, 0.2) is 0 Å². The first kappa shape index (κ1) is 13.0. The van der Waals surface area contributed by atoms with Crippen molar-refractivity contribution in [3.63, 3.8) is 0 Å². The van der Waals surface area contributed by atoms with Gasteiger partial charge in [0.25, 0.3) is 0 Å². The first-order valence-electron chi connectivity index (χ1n) is 6.02. The number of carbonyl (C=O) groups excluding carboxylic acids is 1. The van der Waals surface area contributed by atoms with E-state index in [2.05, 4.69) is 13.8 Å². The van der Waals surface area contributed by atoms with Crippen LogP contribution in [-0.4, -0.2) is 34.5 Å². The van der Waals surface area contributed by atoms with Gasteiger partial charge in [0, 0.05) is 19.0 Å². The average Bonchev–Trinajstić information content (AvgIpc) is 2.98. The molecule has 0 spiro atoms. The Labute approximate surface area is 96.6 Å². The lowest BCUT2D eigenvalue weighted by molar-refractivity contribution is -0.141. The van der Waals surface area contributed by atoms with Crippen molar-refractivity contribution in [2.45, 2.75) is 52.0 Å². The molecule has 1 fully saturated rings. The van der Waals surface area contributed by atoms with Gasteiger partial charge in [-0.05, 0) is 25.2 Å². The average molecular weight is 227 g/mol. The number of carboxylic acids is 1. The Balaban J connectivity index is 2.36. The molecular formula is C12H21NO3. The van der Waals surface area contributed by atoms with Crippen molar-refractivity contribution in [2.75, 3.05) is 6.54 Å². The van der Waals surface area contributed by atoms with Crippen molar-refractivity contribution in [2.24, 2.45) is 5.92 Å². The van der Waals surface area contributed by atoms with E-state index < -0.39 is 5.97 Å². The molecule has 92 valence electrons. The van der Waals surface area contributed by atoms with Gasteiger partial charge in [0.1, 0.15) is 0 Å². The molecule has 0 heterocycles. The molecule has 1 aliphatic rings. The number of nitrogens with zero attached hydrogens (tertiary/aromatic N) is 1. The van der Waals surface area contributed by atoms with E-state index in [0.717, 1.165) is 25.8 Å². The van der Waals surface area contributed by atoms with Crippen LogP contribution < -0.4 is 0 Å². The Kier molecular flexibility index (Phi) is 4.77. The summed E-state index contributed by atoms with van der Waals surface area (Å²) in [4.78, 5) is 24.1. The molecule has 4 heteroatoms. The topological polar surface area (TPSA) is 57.6 Å². The van der Waals surface area contributed by atoms with E-state index in [0.29, 0.717) is 12.0 Å². The van der Waals surface area contributed by atoms with Crippen LogP contribution in [0.1, 0.15) is 46.0 Å². The van der Waals surface area contributed by atoms with Crippen molar-refractivity contribution >= 4 is 11.9 Å². The molecule has 0 atom stereocenters. The van der Waals surface area contributed by atoms with E-state index in [9.17, 15) is 9.59 Å². The van der Waals surface area contributed by atoms with Crippen LogP contribution in [0.3, 0.4) is 0 Å². The number of hydrogen-bond donors (Lipinski definition) is 1. The second kappa shape index (κ2) is 5.87. The van der Waals surface area contributed by atoms with Crippen LogP contribution in [0, 0.1) is 5.92 Å². The number of aliphatic carboxylic acids is 1. The second-order valence-electron chi connectivity index (χ2n) is 4.89. The predicted molar refractivity (Wildman–Crippen MR) is 61.1 cm³/mol. The number of rotatable bonds is 7. The van der Waals surface area contributed by atoms with E-state index >= 15 is 0 Å². The molecular weight excluding hydrogens is 206 g/mol. The molecule has 0 aliphatic heterocycles. The highest BCUT2D eigenvalue weighted by atomic mass is 16.4. The number of carboxylic acid groups (broad SMARTS) is 1. The highest BCUT2D eigenvalue weighted by Crippen LogP contribution is 2.28. The lowest BCUT2D eigenvalue weighted by Crippen LogP contribution is -2.34. The summed E-state index contributed by atoms with van der Waals surface area (Å²) < 4.78 is 0. The van der Waals surface area contributed by atoms with E-state index in [4.69, 9.17) is 5.11 Å². The van der Waals surface area contributed by atoms with Gasteiger partial charge >= 0.3 is 5.97 Å². The zero-order valence-corrected chi connectivity index (χ0v) is 10.1. The van der Waals surface area contributed by atoms with Crippen LogP contribution >= 0.6 is 0 Å². The fourth-order valence-corrected chi connectivity index (χ4v) is 1.65. The molecule has 1 aliphatic carbocycles. The molecule has 0 unspecified atom stereocenters. The molecule has 0 radical (unpaired) electrons. The maximum absolute atomic E-state index is 11.8. The Bertz CT molecular complexity index is 259. The van der Waals surface area contributed by atoms with Crippen LogP contribution in [0.4, 0.5) is 0 Å². The van der Waals surface area contributed by atoms with E-state index in [-0.39, 0.29) is 18.7 Å². The van der Waals surface area contributed by atoms with Gasteiger partial charge in [-0.2, -0.15) is 0 Å². The molecule has 1 amide bonds. The van der Waals surface area contributed by atoms with Gasteiger partial charge in [-0.25, -0.2) is 0 Å². The smallest absolute Gasteiger partial charge is 0.303 e. The van der Waals surface area contributed by atoms with Crippen molar-refractivity contribution in [3.8, 4) is 0 Å². The highest BCUT2D eigenvalue weighted by Gasteiger charge is 2.32. The summed E-state index contributed by atoms with van der Waals surface area (Å²) in [6, 6.07) is 0.389. The summed E-state index contributed by atoms with van der Waals surface area (Å²) >= 11 is 0. The van der Waals surface area contributed by atoms with Crippen molar-refractivity contribution in [1.82, 2.24) is 4.90 Å². The molecule has 1 saturated carbocycles. The lowest BCUT2D eigenvalue weighted by Gasteiger charge is -2.23. The Morgan fingerprint density at radius 2 is 1.94 bits per heavy atom. The first-order valence-corrected chi connectivity index (χ1v) is 6.02. The minimum atomic E-state index is -0.895. The van der Waals surface area contributed by atoms with Gasteiger partial charge < -0.3 is 10.0 Å². The zero-order valence-electron chi connectivity index (χ0n) is 10.1. The van der Waals surface area contributed by atoms with Gasteiger partial charge in [-0.15, -0.1) is 0 Å². The third kappa shape index (κ3) is 4.64. The maximum atomic E-state index is 11.8. The lowest BCUT2D eigenvalue weighted by atomic mass is 10.1. The standard InChI is InChI=1S/C12H21NO3/c1-9(2)7-8-13(10-3-4-10)11(14)5-6-12(15)16/h9-10H,3-8H2,1-2H3,(H,15,16). The Morgan fingerprint density at radius 3 is 2.38 bits per heavy atom. The quantitative estimate of drug-likeness (QED) is 0.722. The van der Waals surface area contributed by atoms with Gasteiger partial charge in [-0.3, -0.25) is 9.59 Å². The Morgan fingerprint density at radius 1 is 1.31 bits per heavy atom. The van der Waals surface area contributed by atoms with Crippen LogP contribution in [-0.2, 0) is 9.59 Å². The summed E-state index contributed by atoms with van der Waals surface area (Å²) in [5.41, 5.74) is 0. The monoisotopic (exact) mass is 227 g/mol. The molecule has 0 aromatic rings. The summed E-state index contributed by atoms with van der Waals surface area (Å²) in [5, 5.41) is 8.55. The third-order valence-corrected chi connectivity index (χ3v) is 2.81. The fourth-order valence-electron chi connectivity index (χ4n) is 1.65. The van der Waals surface area contributed by atoms with Crippen molar-refractivity contribution < 1.29 is 14.7 Å². The summed E-state index contributed by atoms with van der Waals surface area (Å²) in [6.45, 7) is 5.04. The van der Waals surface area contributed by atoms with Gasteiger partial charge in [0.2, 0.25) is 5.91 Å². The van der Waals surface area contributed by atoms with Gasteiger partial charge in [0.05, 0.1) is 6.42 Å². The van der Waals surface area contributed by atoms with E-state index in [1.165, 1.54) is 0 Å². The molecule has 0 aromatic carbocycles. The second-order valence-corrected chi connectivity index (χ2v) is 4.89. The molecule has 4 nitrogen and oxygen atoms in total. The van der Waals surface area contributed by atoms with E-state index in [1.807, 2.05) is 4.90 Å². The summed E-state index contributed by atoms with van der Waals surface area (Å²) in [7, 11) is 0. The summed E-state index contributed by atoms with van der Waals surface area (Å²) in [6.07, 6.45) is 3.25.